The van der Waals surface area contributed by atoms with Gasteiger partial charge in [-0.25, -0.2) is 0 Å². The first kappa shape index (κ1) is 18.6. The van der Waals surface area contributed by atoms with Gasteiger partial charge in [-0.2, -0.15) is 0 Å². The lowest BCUT2D eigenvalue weighted by Gasteiger charge is -2.14. The predicted octanol–water partition coefficient (Wildman–Crippen LogP) is 6.47. The van der Waals surface area contributed by atoms with Crippen molar-refractivity contribution in [3.8, 4) is 22.6 Å². The summed E-state index contributed by atoms with van der Waals surface area (Å²) in [5.74, 6) is 0.367. The van der Waals surface area contributed by atoms with Gasteiger partial charge in [-0.3, -0.25) is 0 Å². The van der Waals surface area contributed by atoms with Crippen LogP contribution in [0.2, 0.25) is 0 Å². The average molecular weight is 370 g/mol. The second kappa shape index (κ2) is 7.99. The maximum atomic E-state index is 12.3. The Morgan fingerprint density at radius 2 is 1.59 bits per heavy atom. The molecule has 0 bridgehead atoms. The molecular formula is C22H17F3O2. The fourth-order valence-electron chi connectivity index (χ4n) is 2.60. The summed E-state index contributed by atoms with van der Waals surface area (Å²) in [7, 11) is 0. The molecular weight excluding hydrogens is 353 g/mol. The van der Waals surface area contributed by atoms with Gasteiger partial charge in [0.05, 0.1) is 0 Å². The fourth-order valence-corrected chi connectivity index (χ4v) is 2.60. The summed E-state index contributed by atoms with van der Waals surface area (Å²) in [5, 5.41) is 0. The van der Waals surface area contributed by atoms with Gasteiger partial charge in [0.15, 0.2) is 0 Å². The Bertz CT molecular complexity index is 901. The number of rotatable bonds is 6. The summed E-state index contributed by atoms with van der Waals surface area (Å²) in [5.41, 5.74) is 3.39. The van der Waals surface area contributed by atoms with Crippen molar-refractivity contribution in [1.82, 2.24) is 0 Å². The van der Waals surface area contributed by atoms with Gasteiger partial charge >= 0.3 is 6.36 Å². The molecule has 27 heavy (non-hydrogen) atoms. The zero-order valence-electron chi connectivity index (χ0n) is 14.4. The fraction of sp³-hybridized carbons (Fsp3) is 0.0909. The molecule has 0 spiro atoms. The van der Waals surface area contributed by atoms with E-state index in [1.54, 1.807) is 18.2 Å². The summed E-state index contributed by atoms with van der Waals surface area (Å²) < 4.78 is 46.9. The number of hydrogen-bond acceptors (Lipinski definition) is 2. The van der Waals surface area contributed by atoms with Crippen LogP contribution in [0.5, 0.6) is 11.5 Å². The second-order valence-electron chi connectivity index (χ2n) is 5.81. The third-order valence-electron chi connectivity index (χ3n) is 3.88. The summed E-state index contributed by atoms with van der Waals surface area (Å²) >= 11 is 0. The predicted molar refractivity (Wildman–Crippen MR) is 99.4 cm³/mol. The summed E-state index contributed by atoms with van der Waals surface area (Å²) in [6, 6.07) is 21.0. The van der Waals surface area contributed by atoms with Crippen LogP contribution in [-0.2, 0) is 6.61 Å². The van der Waals surface area contributed by atoms with Gasteiger partial charge < -0.3 is 9.47 Å². The SMILES string of the molecule is C=Cc1ccc(OCc2ccccc2)c(-c2ccc(OC(F)(F)F)cc2)c1. The molecule has 3 aromatic rings. The van der Waals surface area contributed by atoms with E-state index in [0.717, 1.165) is 22.3 Å². The number of hydrogen-bond donors (Lipinski definition) is 0. The Morgan fingerprint density at radius 1 is 0.889 bits per heavy atom. The van der Waals surface area contributed by atoms with Crippen LogP contribution in [0.3, 0.4) is 0 Å². The van der Waals surface area contributed by atoms with Gasteiger partial charge in [0.1, 0.15) is 18.1 Å². The molecule has 0 aliphatic heterocycles. The minimum absolute atomic E-state index is 0.266. The molecule has 0 aliphatic rings. The van der Waals surface area contributed by atoms with Crippen LogP contribution >= 0.6 is 0 Å². The minimum Gasteiger partial charge on any atom is -0.488 e. The van der Waals surface area contributed by atoms with Gasteiger partial charge in [-0.15, -0.1) is 13.2 Å². The quantitative estimate of drug-likeness (QED) is 0.495. The molecule has 0 atom stereocenters. The first-order valence-electron chi connectivity index (χ1n) is 8.24. The van der Waals surface area contributed by atoms with E-state index >= 15 is 0 Å². The Morgan fingerprint density at radius 3 is 2.22 bits per heavy atom. The molecule has 0 saturated carbocycles. The van der Waals surface area contributed by atoms with Crippen LogP contribution in [0, 0.1) is 0 Å². The highest BCUT2D eigenvalue weighted by Gasteiger charge is 2.31. The minimum atomic E-state index is -4.71. The Balaban J connectivity index is 1.87. The van der Waals surface area contributed by atoms with Crippen molar-refractivity contribution in [3.63, 3.8) is 0 Å². The van der Waals surface area contributed by atoms with Gasteiger partial charge in [0.25, 0.3) is 0 Å². The van der Waals surface area contributed by atoms with E-state index in [-0.39, 0.29) is 5.75 Å². The third-order valence-corrected chi connectivity index (χ3v) is 3.88. The van der Waals surface area contributed by atoms with Crippen LogP contribution < -0.4 is 9.47 Å². The van der Waals surface area contributed by atoms with Crippen LogP contribution in [0.25, 0.3) is 17.2 Å². The van der Waals surface area contributed by atoms with E-state index < -0.39 is 6.36 Å². The van der Waals surface area contributed by atoms with Crippen molar-refractivity contribution in [1.29, 1.82) is 0 Å². The number of benzene rings is 3. The van der Waals surface area contributed by atoms with E-state index in [0.29, 0.717) is 12.4 Å². The third kappa shape index (κ3) is 5.14. The smallest absolute Gasteiger partial charge is 0.488 e. The van der Waals surface area contributed by atoms with E-state index in [9.17, 15) is 13.2 Å². The average Bonchev–Trinajstić information content (AvgIpc) is 2.66. The van der Waals surface area contributed by atoms with Crippen LogP contribution in [0.4, 0.5) is 13.2 Å². The lowest BCUT2D eigenvalue weighted by molar-refractivity contribution is -0.274. The Labute approximate surface area is 155 Å². The molecule has 0 aliphatic carbocycles. The van der Waals surface area contributed by atoms with E-state index in [2.05, 4.69) is 11.3 Å². The molecule has 0 amide bonds. The van der Waals surface area contributed by atoms with Crippen LogP contribution in [-0.4, -0.2) is 6.36 Å². The number of halogens is 3. The van der Waals surface area contributed by atoms with Gasteiger partial charge in [-0.1, -0.05) is 61.2 Å². The molecule has 0 saturated heterocycles. The molecule has 2 nitrogen and oxygen atoms in total. The van der Waals surface area contributed by atoms with Crippen molar-refractivity contribution >= 4 is 6.08 Å². The normalized spacial score (nSPS) is 11.1. The van der Waals surface area contributed by atoms with Crippen molar-refractivity contribution in [2.45, 2.75) is 13.0 Å². The molecule has 0 heterocycles. The number of ether oxygens (including phenoxy) is 2. The molecule has 0 unspecified atom stereocenters. The molecule has 3 rings (SSSR count). The Kier molecular flexibility index (Phi) is 5.50. The lowest BCUT2D eigenvalue weighted by atomic mass is 10.0. The standard InChI is InChI=1S/C22H17F3O2/c1-2-16-8-13-21(26-15-17-6-4-3-5-7-17)20(14-16)18-9-11-19(12-10-18)27-22(23,24)25/h2-14H,1,15H2. The van der Waals surface area contributed by atoms with Crippen molar-refractivity contribution in [2.24, 2.45) is 0 Å². The van der Waals surface area contributed by atoms with E-state index in [1.165, 1.54) is 12.1 Å². The summed E-state index contributed by atoms with van der Waals surface area (Å²) in [6.45, 7) is 4.14. The van der Waals surface area contributed by atoms with Gasteiger partial charge in [0.2, 0.25) is 0 Å². The molecule has 5 heteroatoms. The highest BCUT2D eigenvalue weighted by molar-refractivity contribution is 5.74. The second-order valence-corrected chi connectivity index (χ2v) is 5.81. The first-order chi connectivity index (χ1) is 12.9. The van der Waals surface area contributed by atoms with E-state index in [4.69, 9.17) is 4.74 Å². The highest BCUT2D eigenvalue weighted by atomic mass is 19.4. The van der Waals surface area contributed by atoms with Crippen molar-refractivity contribution in [2.75, 3.05) is 0 Å². The monoisotopic (exact) mass is 370 g/mol. The highest BCUT2D eigenvalue weighted by Crippen LogP contribution is 2.34. The summed E-state index contributed by atoms with van der Waals surface area (Å²) in [6.07, 6.45) is -3.01. The maximum absolute atomic E-state index is 12.3. The van der Waals surface area contributed by atoms with Gasteiger partial charge in [-0.05, 0) is 41.0 Å². The molecule has 138 valence electrons. The van der Waals surface area contributed by atoms with Crippen molar-refractivity contribution < 1.29 is 22.6 Å². The largest absolute Gasteiger partial charge is 0.573 e. The van der Waals surface area contributed by atoms with E-state index in [1.807, 2.05) is 48.5 Å². The number of alkyl halides is 3. The van der Waals surface area contributed by atoms with Crippen LogP contribution in [0.1, 0.15) is 11.1 Å². The zero-order chi connectivity index (χ0) is 19.3. The molecule has 0 fully saturated rings. The lowest BCUT2D eigenvalue weighted by Crippen LogP contribution is -2.16. The first-order valence-corrected chi connectivity index (χ1v) is 8.24. The molecule has 3 aromatic carbocycles. The van der Waals surface area contributed by atoms with Crippen LogP contribution in [0.15, 0.2) is 79.4 Å². The molecule has 0 radical (unpaired) electrons. The molecule has 0 aromatic heterocycles. The van der Waals surface area contributed by atoms with Gasteiger partial charge in [0, 0.05) is 5.56 Å². The maximum Gasteiger partial charge on any atom is 0.573 e. The summed E-state index contributed by atoms with van der Waals surface area (Å²) in [4.78, 5) is 0. The van der Waals surface area contributed by atoms with Crippen molar-refractivity contribution in [3.05, 3.63) is 90.5 Å². The zero-order valence-corrected chi connectivity index (χ0v) is 14.4. The Hall–Kier alpha value is -3.21. The molecule has 0 N–H and O–H groups in total. The topological polar surface area (TPSA) is 18.5 Å².